The summed E-state index contributed by atoms with van der Waals surface area (Å²) in [6.45, 7) is 12.9. The molecular weight excluding hydrogens is 282 g/mol. The molecule has 0 unspecified atom stereocenters. The van der Waals surface area contributed by atoms with Crippen LogP contribution in [0.15, 0.2) is 0 Å². The normalized spacial score (nSPS) is 23.7. The molecule has 1 rings (SSSR count). The minimum Gasteiger partial charge on any atom is -0.413 e. The first kappa shape index (κ1) is 18.2. The highest BCUT2D eigenvalue weighted by Crippen LogP contribution is 2.39. The first-order valence-corrected chi connectivity index (χ1v) is 10.6. The minimum absolute atomic E-state index is 0.0598. The molecule has 1 heterocycles. The monoisotopic (exact) mass is 311 g/mol. The van der Waals surface area contributed by atoms with Gasteiger partial charge in [-0.3, -0.25) is 4.79 Å². The molecular formula is C16H29NO3Si. The van der Waals surface area contributed by atoms with Crippen molar-refractivity contribution in [1.29, 1.82) is 0 Å². The average Bonchev–Trinajstić information content (AvgIpc) is 2.30. The summed E-state index contributed by atoms with van der Waals surface area (Å²) in [5, 5.41) is 11.7. The van der Waals surface area contributed by atoms with Gasteiger partial charge in [0.05, 0.1) is 12.0 Å². The maximum absolute atomic E-state index is 11.9. The first-order valence-electron chi connectivity index (χ1n) is 7.65. The molecule has 2 N–H and O–H groups in total. The molecule has 1 saturated heterocycles. The van der Waals surface area contributed by atoms with Crippen LogP contribution in [0.25, 0.3) is 0 Å². The van der Waals surface area contributed by atoms with E-state index in [1.807, 2.05) is 6.92 Å². The van der Waals surface area contributed by atoms with Crippen molar-refractivity contribution in [3.8, 4) is 11.8 Å². The van der Waals surface area contributed by atoms with Crippen molar-refractivity contribution in [2.45, 2.75) is 70.8 Å². The molecule has 1 aliphatic heterocycles. The number of aliphatic hydroxyl groups excluding tert-OH is 1. The number of aliphatic hydroxyl groups is 1. The molecule has 0 saturated carbocycles. The quantitative estimate of drug-likeness (QED) is 0.465. The number of amides is 1. The molecule has 1 fully saturated rings. The standard InChI is InChI=1S/C16H29NO3Si/c1-12(20-21(5,6)16(2,3)4)14-13(17-15(14)19)10-8-7-9-11-18/h12-14,18H,8,10-11H2,1-6H3,(H,17,19)/t12-,13-,14-/m1/s1. The summed E-state index contributed by atoms with van der Waals surface area (Å²) >= 11 is 0. The van der Waals surface area contributed by atoms with Gasteiger partial charge < -0.3 is 14.8 Å². The fraction of sp³-hybridized carbons (Fsp3) is 0.812. The zero-order chi connectivity index (χ0) is 16.3. The average molecular weight is 311 g/mol. The van der Waals surface area contributed by atoms with Gasteiger partial charge in [-0.15, -0.1) is 5.92 Å². The van der Waals surface area contributed by atoms with Crippen molar-refractivity contribution in [3.63, 3.8) is 0 Å². The van der Waals surface area contributed by atoms with Gasteiger partial charge in [0.15, 0.2) is 8.32 Å². The molecule has 5 heteroatoms. The van der Waals surface area contributed by atoms with Crippen LogP contribution in [0.2, 0.25) is 18.1 Å². The third kappa shape index (κ3) is 4.57. The van der Waals surface area contributed by atoms with Gasteiger partial charge in [0.2, 0.25) is 5.91 Å². The highest BCUT2D eigenvalue weighted by molar-refractivity contribution is 6.74. The molecule has 3 atom stereocenters. The lowest BCUT2D eigenvalue weighted by atomic mass is 9.83. The van der Waals surface area contributed by atoms with Crippen molar-refractivity contribution < 1.29 is 14.3 Å². The predicted octanol–water partition coefficient (Wildman–Crippen LogP) is 2.29. The zero-order valence-corrected chi connectivity index (χ0v) is 15.1. The topological polar surface area (TPSA) is 58.6 Å². The van der Waals surface area contributed by atoms with Crippen molar-refractivity contribution in [1.82, 2.24) is 5.32 Å². The predicted molar refractivity (Wildman–Crippen MR) is 87.3 cm³/mol. The summed E-state index contributed by atoms with van der Waals surface area (Å²) < 4.78 is 6.34. The van der Waals surface area contributed by atoms with Crippen LogP contribution in [0.4, 0.5) is 0 Å². The van der Waals surface area contributed by atoms with E-state index < -0.39 is 8.32 Å². The van der Waals surface area contributed by atoms with Gasteiger partial charge >= 0.3 is 0 Å². The summed E-state index contributed by atoms with van der Waals surface area (Å²) in [5.74, 6) is 5.54. The highest BCUT2D eigenvalue weighted by atomic mass is 28.4. The number of carbonyl (C=O) groups is 1. The summed E-state index contributed by atoms with van der Waals surface area (Å²) in [6.07, 6.45) is 1.44. The molecule has 0 aromatic heterocycles. The van der Waals surface area contributed by atoms with E-state index in [9.17, 15) is 4.79 Å². The lowest BCUT2D eigenvalue weighted by molar-refractivity contribution is -0.140. The molecule has 0 aromatic carbocycles. The van der Waals surface area contributed by atoms with Gasteiger partial charge in [0, 0.05) is 12.5 Å². The second kappa shape index (κ2) is 6.95. The number of nitrogens with one attached hydrogen (secondary N) is 1. The minimum atomic E-state index is -1.86. The van der Waals surface area contributed by atoms with Crippen LogP contribution in [-0.4, -0.2) is 38.1 Å². The van der Waals surface area contributed by atoms with Crippen molar-refractivity contribution in [3.05, 3.63) is 0 Å². The highest BCUT2D eigenvalue weighted by Gasteiger charge is 2.46. The molecule has 0 spiro atoms. The van der Waals surface area contributed by atoms with E-state index in [2.05, 4.69) is 51.0 Å². The molecule has 0 radical (unpaired) electrons. The van der Waals surface area contributed by atoms with E-state index in [0.29, 0.717) is 6.42 Å². The molecule has 1 aliphatic rings. The van der Waals surface area contributed by atoms with Crippen LogP contribution >= 0.6 is 0 Å². The Hall–Kier alpha value is -0.833. The Morgan fingerprint density at radius 3 is 2.48 bits per heavy atom. The van der Waals surface area contributed by atoms with Crippen molar-refractivity contribution in [2.24, 2.45) is 5.92 Å². The number of hydrogen-bond donors (Lipinski definition) is 2. The van der Waals surface area contributed by atoms with E-state index in [1.165, 1.54) is 0 Å². The van der Waals surface area contributed by atoms with Gasteiger partial charge in [-0.1, -0.05) is 26.7 Å². The Kier molecular flexibility index (Phi) is 6.03. The fourth-order valence-corrected chi connectivity index (χ4v) is 3.76. The number of β-lactam (4-membered cyclic amide) rings is 1. The Labute approximate surface area is 129 Å². The maximum Gasteiger partial charge on any atom is 0.228 e. The van der Waals surface area contributed by atoms with Crippen LogP contribution in [0.5, 0.6) is 0 Å². The lowest BCUT2D eigenvalue weighted by Crippen LogP contribution is -2.63. The first-order chi connectivity index (χ1) is 9.60. The maximum atomic E-state index is 11.9. The largest absolute Gasteiger partial charge is 0.413 e. The van der Waals surface area contributed by atoms with Crippen LogP contribution in [0.3, 0.4) is 0 Å². The van der Waals surface area contributed by atoms with E-state index in [1.54, 1.807) is 0 Å². The lowest BCUT2D eigenvalue weighted by Gasteiger charge is -2.45. The third-order valence-electron chi connectivity index (χ3n) is 4.64. The number of hydrogen-bond acceptors (Lipinski definition) is 3. The molecule has 0 bridgehead atoms. The molecule has 21 heavy (non-hydrogen) atoms. The molecule has 0 aromatic rings. The van der Waals surface area contributed by atoms with E-state index in [0.717, 1.165) is 6.42 Å². The van der Waals surface area contributed by atoms with E-state index in [-0.39, 0.29) is 35.6 Å². The number of rotatable bonds is 5. The fourth-order valence-electron chi connectivity index (χ4n) is 2.33. The van der Waals surface area contributed by atoms with Crippen molar-refractivity contribution >= 4 is 14.2 Å². The van der Waals surface area contributed by atoms with Crippen LogP contribution in [0, 0.1) is 17.8 Å². The van der Waals surface area contributed by atoms with Gasteiger partial charge in [-0.25, -0.2) is 0 Å². The van der Waals surface area contributed by atoms with E-state index in [4.69, 9.17) is 9.53 Å². The Bertz CT molecular complexity index is 431. The van der Waals surface area contributed by atoms with Crippen LogP contribution in [-0.2, 0) is 9.22 Å². The third-order valence-corrected chi connectivity index (χ3v) is 9.21. The molecule has 4 nitrogen and oxygen atoms in total. The van der Waals surface area contributed by atoms with Gasteiger partial charge in [0.1, 0.15) is 6.61 Å². The Balaban J connectivity index is 2.59. The zero-order valence-electron chi connectivity index (χ0n) is 14.1. The number of carbonyl (C=O) groups excluding carboxylic acids is 1. The SMILES string of the molecule is C[C@@H](O[Si](C)(C)C(C)(C)C)[C@H]1C(=O)N[C@@H]1CCC#CCO. The second-order valence-electron chi connectivity index (χ2n) is 7.27. The Morgan fingerprint density at radius 1 is 1.38 bits per heavy atom. The van der Waals surface area contributed by atoms with Gasteiger partial charge in [-0.05, 0) is 31.5 Å². The Morgan fingerprint density at radius 2 is 2.00 bits per heavy atom. The summed E-state index contributed by atoms with van der Waals surface area (Å²) in [6, 6.07) is 0.144. The van der Waals surface area contributed by atoms with Gasteiger partial charge in [0.25, 0.3) is 0 Å². The van der Waals surface area contributed by atoms with Crippen LogP contribution in [0.1, 0.15) is 40.5 Å². The molecule has 1 amide bonds. The summed E-state index contributed by atoms with van der Waals surface area (Å²) in [7, 11) is -1.86. The van der Waals surface area contributed by atoms with Crippen molar-refractivity contribution in [2.75, 3.05) is 6.61 Å². The summed E-state index contributed by atoms with van der Waals surface area (Å²) in [5.41, 5.74) is 0. The van der Waals surface area contributed by atoms with E-state index >= 15 is 0 Å². The second-order valence-corrected chi connectivity index (χ2v) is 12.0. The van der Waals surface area contributed by atoms with Gasteiger partial charge in [-0.2, -0.15) is 0 Å². The molecule has 0 aliphatic carbocycles. The molecule has 120 valence electrons. The summed E-state index contributed by atoms with van der Waals surface area (Å²) in [4.78, 5) is 11.9. The smallest absolute Gasteiger partial charge is 0.228 e. The van der Waals surface area contributed by atoms with Crippen LogP contribution < -0.4 is 5.32 Å².